The molecule has 4 rings (SSSR count). The number of nitrogens with zero attached hydrogens (tertiary/aromatic N) is 2. The lowest BCUT2D eigenvalue weighted by Gasteiger charge is -2.31. The van der Waals surface area contributed by atoms with Gasteiger partial charge in [0.15, 0.2) is 0 Å². The predicted molar refractivity (Wildman–Crippen MR) is 128 cm³/mol. The van der Waals surface area contributed by atoms with Crippen LogP contribution in [0.3, 0.4) is 0 Å². The molecular formula is C26H27F2N3O3S. The van der Waals surface area contributed by atoms with Crippen molar-refractivity contribution >= 4 is 15.9 Å². The Morgan fingerprint density at radius 2 is 1.71 bits per heavy atom. The topological polar surface area (TPSA) is 79.4 Å². The first-order chi connectivity index (χ1) is 16.6. The zero-order valence-electron chi connectivity index (χ0n) is 19.6. The van der Waals surface area contributed by atoms with E-state index in [2.05, 4.69) is 10.3 Å². The summed E-state index contributed by atoms with van der Waals surface area (Å²) in [5.74, 6) is -1.28. The van der Waals surface area contributed by atoms with E-state index in [4.69, 9.17) is 0 Å². The number of hydrogen-bond donors (Lipinski definition) is 1. The Labute approximate surface area is 204 Å². The van der Waals surface area contributed by atoms with E-state index in [1.165, 1.54) is 28.6 Å². The summed E-state index contributed by atoms with van der Waals surface area (Å²) in [5.41, 5.74) is 3.01. The van der Waals surface area contributed by atoms with Gasteiger partial charge in [0.1, 0.15) is 11.6 Å². The number of aromatic nitrogens is 1. The van der Waals surface area contributed by atoms with Gasteiger partial charge in [-0.05, 0) is 74.2 Å². The standard InChI is InChI=1S/C26H27F2N3O3S/c1-17-3-9-22(15-24(17)28)35(33,34)31-13-11-20(12-14-31)25-23(10-4-18(2)30-25)26(32)29-16-19-5-7-21(27)8-6-19/h3-10,15,20H,11-14,16H2,1-2H3,(H,29,32). The van der Waals surface area contributed by atoms with Crippen molar-refractivity contribution in [1.29, 1.82) is 0 Å². The van der Waals surface area contributed by atoms with E-state index in [1.54, 1.807) is 31.2 Å². The number of amides is 1. The zero-order valence-corrected chi connectivity index (χ0v) is 20.4. The third-order valence-corrected chi connectivity index (χ3v) is 8.19. The van der Waals surface area contributed by atoms with Gasteiger partial charge in [0.25, 0.3) is 5.91 Å². The molecule has 0 aliphatic carbocycles. The number of aryl methyl sites for hydroxylation is 2. The minimum absolute atomic E-state index is 0.0615. The number of carbonyl (C=O) groups excluding carboxylic acids is 1. The summed E-state index contributed by atoms with van der Waals surface area (Å²) in [6.45, 7) is 4.16. The molecular weight excluding hydrogens is 472 g/mol. The molecule has 1 amide bonds. The Bertz CT molecular complexity index is 1340. The average molecular weight is 500 g/mol. The molecule has 0 atom stereocenters. The number of benzene rings is 2. The van der Waals surface area contributed by atoms with Crippen LogP contribution in [0.4, 0.5) is 8.78 Å². The molecule has 2 heterocycles. The lowest BCUT2D eigenvalue weighted by Crippen LogP contribution is -2.38. The molecule has 0 spiro atoms. The van der Waals surface area contributed by atoms with Gasteiger partial charge in [-0.15, -0.1) is 0 Å². The summed E-state index contributed by atoms with van der Waals surface area (Å²) in [7, 11) is -3.82. The van der Waals surface area contributed by atoms with E-state index in [-0.39, 0.29) is 42.2 Å². The first-order valence-electron chi connectivity index (χ1n) is 11.4. The predicted octanol–water partition coefficient (Wildman–Crippen LogP) is 4.47. The van der Waals surface area contributed by atoms with Crippen molar-refractivity contribution < 1.29 is 22.0 Å². The van der Waals surface area contributed by atoms with Crippen molar-refractivity contribution in [2.75, 3.05) is 13.1 Å². The Morgan fingerprint density at radius 1 is 1.03 bits per heavy atom. The number of nitrogens with one attached hydrogen (secondary N) is 1. The van der Waals surface area contributed by atoms with Gasteiger partial charge in [0.2, 0.25) is 10.0 Å². The number of hydrogen-bond acceptors (Lipinski definition) is 4. The third kappa shape index (κ3) is 5.57. The summed E-state index contributed by atoms with van der Waals surface area (Å²) in [5, 5.41) is 2.85. The van der Waals surface area contributed by atoms with Crippen LogP contribution in [0.5, 0.6) is 0 Å². The summed E-state index contributed by atoms with van der Waals surface area (Å²) in [6.07, 6.45) is 0.977. The first-order valence-corrected chi connectivity index (χ1v) is 12.9. The molecule has 3 aromatic rings. The van der Waals surface area contributed by atoms with Crippen molar-refractivity contribution in [3.63, 3.8) is 0 Å². The van der Waals surface area contributed by atoms with Gasteiger partial charge in [-0.1, -0.05) is 18.2 Å². The molecule has 0 bridgehead atoms. The van der Waals surface area contributed by atoms with Gasteiger partial charge in [-0.3, -0.25) is 9.78 Å². The Hall–Kier alpha value is -3.17. The minimum Gasteiger partial charge on any atom is -0.348 e. The molecule has 2 aromatic carbocycles. The van der Waals surface area contributed by atoms with Crippen LogP contribution in [0.25, 0.3) is 0 Å². The Morgan fingerprint density at radius 3 is 2.37 bits per heavy atom. The molecule has 6 nitrogen and oxygen atoms in total. The van der Waals surface area contributed by atoms with Crippen molar-refractivity contribution in [3.8, 4) is 0 Å². The second-order valence-corrected chi connectivity index (χ2v) is 10.7. The summed E-state index contributed by atoms with van der Waals surface area (Å²) >= 11 is 0. The molecule has 0 radical (unpaired) electrons. The number of piperidine rings is 1. The summed E-state index contributed by atoms with van der Waals surface area (Å²) in [6, 6.07) is 13.3. The Kier molecular flexibility index (Phi) is 7.28. The van der Waals surface area contributed by atoms with Gasteiger partial charge < -0.3 is 5.32 Å². The van der Waals surface area contributed by atoms with Gasteiger partial charge >= 0.3 is 0 Å². The average Bonchev–Trinajstić information content (AvgIpc) is 2.85. The molecule has 1 aliphatic heterocycles. The van der Waals surface area contributed by atoms with Gasteiger partial charge in [0.05, 0.1) is 16.2 Å². The SMILES string of the molecule is Cc1ccc(C(=O)NCc2ccc(F)cc2)c(C2CCN(S(=O)(=O)c3ccc(C)c(F)c3)CC2)n1. The molecule has 35 heavy (non-hydrogen) atoms. The van der Waals surface area contributed by atoms with Crippen LogP contribution >= 0.6 is 0 Å². The van der Waals surface area contributed by atoms with E-state index in [9.17, 15) is 22.0 Å². The number of rotatable bonds is 6. The molecule has 9 heteroatoms. The van der Waals surface area contributed by atoms with Gasteiger partial charge in [-0.25, -0.2) is 17.2 Å². The van der Waals surface area contributed by atoms with Gasteiger partial charge in [-0.2, -0.15) is 4.31 Å². The monoisotopic (exact) mass is 499 g/mol. The molecule has 1 aromatic heterocycles. The first kappa shape index (κ1) is 24.9. The van der Waals surface area contributed by atoms with Crippen LogP contribution in [0.15, 0.2) is 59.5 Å². The van der Waals surface area contributed by atoms with E-state index in [0.717, 1.165) is 17.3 Å². The van der Waals surface area contributed by atoms with E-state index in [1.807, 2.05) is 6.92 Å². The number of halogens is 2. The van der Waals surface area contributed by atoms with Crippen LogP contribution in [0.1, 0.15) is 51.6 Å². The second kappa shape index (κ2) is 10.2. The highest BCUT2D eigenvalue weighted by Gasteiger charge is 2.32. The molecule has 1 saturated heterocycles. The van der Waals surface area contributed by atoms with Crippen molar-refractivity contribution in [2.24, 2.45) is 0 Å². The molecule has 1 aliphatic rings. The van der Waals surface area contributed by atoms with Crippen LogP contribution < -0.4 is 5.32 Å². The van der Waals surface area contributed by atoms with Crippen LogP contribution in [0, 0.1) is 25.5 Å². The smallest absolute Gasteiger partial charge is 0.253 e. The number of sulfonamides is 1. The highest BCUT2D eigenvalue weighted by atomic mass is 32.2. The van der Waals surface area contributed by atoms with E-state index in [0.29, 0.717) is 29.7 Å². The maximum Gasteiger partial charge on any atom is 0.253 e. The maximum absolute atomic E-state index is 14.0. The minimum atomic E-state index is -3.82. The third-order valence-electron chi connectivity index (χ3n) is 6.30. The number of carbonyl (C=O) groups is 1. The van der Waals surface area contributed by atoms with Crippen molar-refractivity contribution in [1.82, 2.24) is 14.6 Å². The Balaban J connectivity index is 1.47. The fourth-order valence-electron chi connectivity index (χ4n) is 4.21. The molecule has 1 fully saturated rings. The maximum atomic E-state index is 14.0. The van der Waals surface area contributed by atoms with Crippen LogP contribution in [0.2, 0.25) is 0 Å². The van der Waals surface area contributed by atoms with Crippen LogP contribution in [-0.2, 0) is 16.6 Å². The van der Waals surface area contributed by atoms with Crippen LogP contribution in [-0.4, -0.2) is 36.7 Å². The van der Waals surface area contributed by atoms with E-state index >= 15 is 0 Å². The normalized spacial score (nSPS) is 15.2. The fourth-order valence-corrected chi connectivity index (χ4v) is 5.69. The summed E-state index contributed by atoms with van der Waals surface area (Å²) < 4.78 is 54.5. The van der Waals surface area contributed by atoms with Crippen molar-refractivity contribution in [2.45, 2.75) is 44.0 Å². The lowest BCUT2D eigenvalue weighted by molar-refractivity contribution is 0.0948. The second-order valence-electron chi connectivity index (χ2n) is 8.78. The molecule has 1 N–H and O–H groups in total. The molecule has 0 saturated carbocycles. The summed E-state index contributed by atoms with van der Waals surface area (Å²) in [4.78, 5) is 17.5. The van der Waals surface area contributed by atoms with Gasteiger partial charge in [0, 0.05) is 31.2 Å². The fraction of sp³-hybridized carbons (Fsp3) is 0.308. The lowest BCUT2D eigenvalue weighted by atomic mass is 9.90. The highest BCUT2D eigenvalue weighted by Crippen LogP contribution is 2.32. The quantitative estimate of drug-likeness (QED) is 0.543. The number of pyridine rings is 1. The zero-order chi connectivity index (χ0) is 25.2. The molecule has 184 valence electrons. The van der Waals surface area contributed by atoms with E-state index < -0.39 is 15.8 Å². The molecule has 0 unspecified atom stereocenters. The highest BCUT2D eigenvalue weighted by molar-refractivity contribution is 7.89. The largest absolute Gasteiger partial charge is 0.348 e. The van der Waals surface area contributed by atoms with Crippen molar-refractivity contribution in [3.05, 3.63) is 94.3 Å².